The standard InChI is InChI=1S/C26H34N2O2S3/c1-3-5-7-9-17-27-25(29)23-15-13-21(32-23)19-11-12-20(31-19)22-14-16-24(33-22)26(30)28-18-10-8-6-4-2/h11-16H,3-10,17-18H2,1-2H3,(H,27,29)(H,28,30). The molecule has 33 heavy (non-hydrogen) atoms. The van der Waals surface area contributed by atoms with E-state index in [1.807, 2.05) is 24.3 Å². The molecule has 0 aliphatic heterocycles. The van der Waals surface area contributed by atoms with Crippen LogP contribution in [0.4, 0.5) is 0 Å². The molecule has 0 fully saturated rings. The molecule has 2 amide bonds. The van der Waals surface area contributed by atoms with Gasteiger partial charge in [-0.15, -0.1) is 34.0 Å². The molecule has 0 bridgehead atoms. The summed E-state index contributed by atoms with van der Waals surface area (Å²) in [6.45, 7) is 5.85. The molecule has 0 saturated heterocycles. The summed E-state index contributed by atoms with van der Waals surface area (Å²) in [7, 11) is 0. The number of rotatable bonds is 14. The monoisotopic (exact) mass is 502 g/mol. The molecule has 0 saturated carbocycles. The molecule has 3 aromatic heterocycles. The van der Waals surface area contributed by atoms with Crippen LogP contribution in [0.25, 0.3) is 19.5 Å². The van der Waals surface area contributed by atoms with Crippen LogP contribution in [0.3, 0.4) is 0 Å². The van der Waals surface area contributed by atoms with E-state index in [1.54, 1.807) is 11.3 Å². The number of thiophene rings is 3. The number of nitrogens with one attached hydrogen (secondary N) is 2. The minimum atomic E-state index is 0.0168. The van der Waals surface area contributed by atoms with Gasteiger partial charge >= 0.3 is 0 Å². The largest absolute Gasteiger partial charge is 0.351 e. The third-order valence-corrected chi connectivity index (χ3v) is 9.03. The van der Waals surface area contributed by atoms with Gasteiger partial charge in [-0.25, -0.2) is 0 Å². The van der Waals surface area contributed by atoms with Gasteiger partial charge < -0.3 is 10.6 Å². The van der Waals surface area contributed by atoms with Gasteiger partial charge in [0, 0.05) is 32.6 Å². The average Bonchev–Trinajstić information content (AvgIpc) is 3.58. The van der Waals surface area contributed by atoms with Crippen LogP contribution in [0.15, 0.2) is 36.4 Å². The Morgan fingerprint density at radius 2 is 0.970 bits per heavy atom. The number of unbranched alkanes of at least 4 members (excludes halogenated alkanes) is 6. The Morgan fingerprint density at radius 3 is 1.39 bits per heavy atom. The highest BCUT2D eigenvalue weighted by Crippen LogP contribution is 2.39. The molecule has 3 heterocycles. The lowest BCUT2D eigenvalue weighted by Crippen LogP contribution is -2.23. The van der Waals surface area contributed by atoms with E-state index in [2.05, 4.69) is 36.6 Å². The lowest BCUT2D eigenvalue weighted by Gasteiger charge is -2.02. The Morgan fingerprint density at radius 1 is 0.576 bits per heavy atom. The van der Waals surface area contributed by atoms with Gasteiger partial charge in [-0.1, -0.05) is 52.4 Å². The molecule has 0 aliphatic carbocycles. The number of carbonyl (C=O) groups is 2. The van der Waals surface area contributed by atoms with Crippen molar-refractivity contribution in [1.29, 1.82) is 0 Å². The van der Waals surface area contributed by atoms with Crippen molar-refractivity contribution in [2.45, 2.75) is 65.2 Å². The molecule has 0 spiro atoms. The van der Waals surface area contributed by atoms with Crippen molar-refractivity contribution in [2.24, 2.45) is 0 Å². The van der Waals surface area contributed by atoms with Crippen LogP contribution < -0.4 is 10.6 Å². The van der Waals surface area contributed by atoms with Crippen molar-refractivity contribution in [3.8, 4) is 19.5 Å². The lowest BCUT2D eigenvalue weighted by molar-refractivity contribution is 0.0948. The van der Waals surface area contributed by atoms with Gasteiger partial charge in [0.2, 0.25) is 0 Å². The van der Waals surface area contributed by atoms with E-state index in [0.29, 0.717) is 0 Å². The molecule has 7 heteroatoms. The summed E-state index contributed by atoms with van der Waals surface area (Å²) in [5.41, 5.74) is 0. The number of amides is 2. The van der Waals surface area contributed by atoms with Gasteiger partial charge in [-0.3, -0.25) is 9.59 Å². The van der Waals surface area contributed by atoms with E-state index < -0.39 is 0 Å². The van der Waals surface area contributed by atoms with Crippen LogP contribution in [-0.4, -0.2) is 24.9 Å². The van der Waals surface area contributed by atoms with Gasteiger partial charge in [0.1, 0.15) is 0 Å². The summed E-state index contributed by atoms with van der Waals surface area (Å²) in [5.74, 6) is 0.0336. The van der Waals surface area contributed by atoms with Crippen LogP contribution in [0, 0.1) is 0 Å². The topological polar surface area (TPSA) is 58.2 Å². The SMILES string of the molecule is CCCCCCNC(=O)c1ccc(-c2ccc(-c3ccc(C(=O)NCCCCCC)s3)s2)s1. The zero-order valence-corrected chi connectivity index (χ0v) is 22.0. The van der Waals surface area contributed by atoms with E-state index in [4.69, 9.17) is 0 Å². The highest BCUT2D eigenvalue weighted by molar-refractivity contribution is 7.27. The van der Waals surface area contributed by atoms with Crippen molar-refractivity contribution in [2.75, 3.05) is 13.1 Å². The second-order valence-corrected chi connectivity index (χ2v) is 11.4. The second-order valence-electron chi connectivity index (χ2n) is 8.12. The molecule has 0 radical (unpaired) electrons. The Balaban J connectivity index is 1.54. The van der Waals surface area contributed by atoms with Gasteiger partial charge in [0.15, 0.2) is 0 Å². The fraction of sp³-hybridized carbons (Fsp3) is 0.462. The normalized spacial score (nSPS) is 11.0. The van der Waals surface area contributed by atoms with E-state index in [0.717, 1.165) is 68.0 Å². The van der Waals surface area contributed by atoms with Crippen LogP contribution in [0.1, 0.15) is 84.6 Å². The number of hydrogen-bond acceptors (Lipinski definition) is 5. The predicted octanol–water partition coefficient (Wildman–Crippen LogP) is 7.83. The number of carbonyl (C=O) groups excluding carboxylic acids is 2. The maximum Gasteiger partial charge on any atom is 0.261 e. The summed E-state index contributed by atoms with van der Waals surface area (Å²) >= 11 is 4.77. The maximum absolute atomic E-state index is 12.4. The molecule has 0 aromatic carbocycles. The zero-order valence-electron chi connectivity index (χ0n) is 19.6. The van der Waals surface area contributed by atoms with Crippen LogP contribution in [0.2, 0.25) is 0 Å². The van der Waals surface area contributed by atoms with Crippen molar-refractivity contribution >= 4 is 45.8 Å². The Bertz CT molecular complexity index is 940. The predicted molar refractivity (Wildman–Crippen MR) is 144 cm³/mol. The van der Waals surface area contributed by atoms with Gasteiger partial charge in [0.05, 0.1) is 9.75 Å². The first kappa shape index (κ1) is 25.7. The Labute approximate surface area is 209 Å². The molecule has 0 unspecified atom stereocenters. The van der Waals surface area contributed by atoms with Crippen LogP contribution in [0.5, 0.6) is 0 Å². The minimum Gasteiger partial charge on any atom is -0.351 e. The average molecular weight is 503 g/mol. The first-order chi connectivity index (χ1) is 16.1. The van der Waals surface area contributed by atoms with E-state index in [9.17, 15) is 9.59 Å². The van der Waals surface area contributed by atoms with Crippen molar-refractivity contribution in [3.63, 3.8) is 0 Å². The highest BCUT2D eigenvalue weighted by atomic mass is 32.1. The first-order valence-electron chi connectivity index (χ1n) is 12.0. The van der Waals surface area contributed by atoms with Gasteiger partial charge in [-0.05, 0) is 49.2 Å². The molecule has 3 aromatic rings. The van der Waals surface area contributed by atoms with Crippen LogP contribution in [-0.2, 0) is 0 Å². The summed E-state index contributed by atoms with van der Waals surface area (Å²) in [6, 6.07) is 12.1. The fourth-order valence-electron chi connectivity index (χ4n) is 3.47. The molecule has 178 valence electrons. The zero-order chi connectivity index (χ0) is 23.5. The third-order valence-electron chi connectivity index (χ3n) is 5.38. The van der Waals surface area contributed by atoms with E-state index >= 15 is 0 Å². The highest BCUT2D eigenvalue weighted by Gasteiger charge is 2.14. The minimum absolute atomic E-state index is 0.0168. The summed E-state index contributed by atoms with van der Waals surface area (Å²) in [5, 5.41) is 6.06. The van der Waals surface area contributed by atoms with Crippen molar-refractivity contribution in [3.05, 3.63) is 46.2 Å². The van der Waals surface area contributed by atoms with E-state index in [1.165, 1.54) is 48.4 Å². The fourth-order valence-corrected chi connectivity index (χ4v) is 6.50. The quantitative estimate of drug-likeness (QED) is 0.221. The molecule has 0 atom stereocenters. The summed E-state index contributed by atoms with van der Waals surface area (Å²) in [4.78, 5) is 30.8. The van der Waals surface area contributed by atoms with Crippen molar-refractivity contribution < 1.29 is 9.59 Å². The van der Waals surface area contributed by atoms with Gasteiger partial charge in [0.25, 0.3) is 11.8 Å². The lowest BCUT2D eigenvalue weighted by atomic mass is 10.2. The third kappa shape index (κ3) is 7.80. The second kappa shape index (κ2) is 13.7. The van der Waals surface area contributed by atoms with Gasteiger partial charge in [-0.2, -0.15) is 0 Å². The number of hydrogen-bond donors (Lipinski definition) is 2. The molecule has 3 rings (SSSR count). The first-order valence-corrected chi connectivity index (χ1v) is 14.4. The molecule has 0 aliphatic rings. The van der Waals surface area contributed by atoms with Crippen LogP contribution >= 0.6 is 34.0 Å². The van der Waals surface area contributed by atoms with Crippen molar-refractivity contribution in [1.82, 2.24) is 10.6 Å². The Kier molecular flexibility index (Phi) is 10.6. The molecule has 2 N–H and O–H groups in total. The molecule has 4 nitrogen and oxygen atoms in total. The smallest absolute Gasteiger partial charge is 0.261 e. The maximum atomic E-state index is 12.4. The molecular formula is C26H34N2O2S3. The summed E-state index contributed by atoms with van der Waals surface area (Å²) < 4.78 is 0. The summed E-state index contributed by atoms with van der Waals surface area (Å²) in [6.07, 6.45) is 9.22. The molecular weight excluding hydrogens is 468 g/mol. The Hall–Kier alpha value is -1.96. The van der Waals surface area contributed by atoms with E-state index in [-0.39, 0.29) is 11.8 Å².